The number of fused-ring (bicyclic) bond motifs is 3. The summed E-state index contributed by atoms with van der Waals surface area (Å²) < 4.78 is 19.6. The first-order chi connectivity index (χ1) is 17.0. The first kappa shape index (κ1) is 21.3. The lowest BCUT2D eigenvalue weighted by molar-refractivity contribution is 0.628. The molecule has 170 valence electrons. The van der Waals surface area contributed by atoms with Gasteiger partial charge in [-0.15, -0.1) is 0 Å². The molecule has 0 aliphatic heterocycles. The molecule has 2 nitrogen and oxygen atoms in total. The Morgan fingerprint density at radius 2 is 1.34 bits per heavy atom. The van der Waals surface area contributed by atoms with Gasteiger partial charge in [-0.25, -0.2) is 4.39 Å². The highest BCUT2D eigenvalue weighted by molar-refractivity contribution is 6.07. The maximum absolute atomic E-state index is 13.3. The molecule has 0 aliphatic carbocycles. The number of nitrogens with zero attached hydrogens (tertiary/aromatic N) is 1. The summed E-state index contributed by atoms with van der Waals surface area (Å²) in [6.45, 7) is 4.39. The maximum atomic E-state index is 13.3. The van der Waals surface area contributed by atoms with E-state index in [2.05, 4.69) is 73.4 Å². The molecule has 0 spiro atoms. The summed E-state index contributed by atoms with van der Waals surface area (Å²) in [6, 6.07) is 31.7. The van der Waals surface area contributed by atoms with E-state index in [1.165, 1.54) is 17.7 Å². The Bertz CT molecular complexity index is 1680. The Balaban J connectivity index is 1.40. The van der Waals surface area contributed by atoms with Gasteiger partial charge in [0.2, 0.25) is 0 Å². The summed E-state index contributed by atoms with van der Waals surface area (Å²) in [7, 11) is 0. The van der Waals surface area contributed by atoms with Gasteiger partial charge in [0.25, 0.3) is 0 Å². The van der Waals surface area contributed by atoms with Crippen LogP contribution in [0.1, 0.15) is 25.3 Å². The monoisotopic (exact) mass is 457 g/mol. The van der Waals surface area contributed by atoms with E-state index in [0.29, 0.717) is 5.92 Å². The molecule has 0 fully saturated rings. The fourth-order valence-electron chi connectivity index (χ4n) is 4.60. The van der Waals surface area contributed by atoms with Crippen LogP contribution in [0.25, 0.3) is 55.4 Å². The van der Waals surface area contributed by atoms with Crippen molar-refractivity contribution < 1.29 is 8.81 Å². The summed E-state index contributed by atoms with van der Waals surface area (Å²) in [4.78, 5) is 4.60. The van der Waals surface area contributed by atoms with Gasteiger partial charge in [-0.3, -0.25) is 4.98 Å². The molecule has 0 saturated carbocycles. The van der Waals surface area contributed by atoms with E-state index in [9.17, 15) is 4.39 Å². The number of hydrogen-bond donors (Lipinski definition) is 0. The second-order valence-electron chi connectivity index (χ2n) is 9.24. The highest BCUT2D eigenvalue weighted by Gasteiger charge is 2.12. The van der Waals surface area contributed by atoms with Crippen LogP contribution >= 0.6 is 0 Å². The van der Waals surface area contributed by atoms with Crippen molar-refractivity contribution in [1.82, 2.24) is 4.98 Å². The molecule has 6 rings (SSSR count). The van der Waals surface area contributed by atoms with E-state index in [0.717, 1.165) is 55.4 Å². The zero-order chi connectivity index (χ0) is 23.9. The number of rotatable bonds is 4. The molecule has 0 unspecified atom stereocenters. The Morgan fingerprint density at radius 3 is 2.14 bits per heavy atom. The lowest BCUT2D eigenvalue weighted by atomic mass is 9.98. The van der Waals surface area contributed by atoms with Crippen molar-refractivity contribution >= 4 is 21.9 Å². The van der Waals surface area contributed by atoms with Gasteiger partial charge in [0, 0.05) is 22.5 Å². The maximum Gasteiger partial charge on any atom is 0.136 e. The SMILES string of the molecule is CC(C)c1ccnc(-c2ccc3oc4cc(-c5cccc(-c6ccc(F)cc6)c5)ccc4c3c2)c1. The van der Waals surface area contributed by atoms with Crippen LogP contribution in [0.2, 0.25) is 0 Å². The molecule has 0 saturated heterocycles. The molecular weight excluding hydrogens is 433 g/mol. The lowest BCUT2D eigenvalue weighted by Gasteiger charge is -2.07. The lowest BCUT2D eigenvalue weighted by Crippen LogP contribution is -1.90. The minimum Gasteiger partial charge on any atom is -0.456 e. The molecule has 2 aromatic heterocycles. The Kier molecular flexibility index (Phi) is 5.18. The predicted octanol–water partition coefficient (Wildman–Crippen LogP) is 9.24. The fraction of sp³-hybridized carbons (Fsp3) is 0.0938. The third-order valence-electron chi connectivity index (χ3n) is 6.59. The summed E-state index contributed by atoms with van der Waals surface area (Å²) >= 11 is 0. The van der Waals surface area contributed by atoms with Crippen molar-refractivity contribution in [3.8, 4) is 33.5 Å². The van der Waals surface area contributed by atoms with Gasteiger partial charge in [-0.05, 0) is 94.4 Å². The molecule has 0 atom stereocenters. The van der Waals surface area contributed by atoms with Crippen LogP contribution in [-0.4, -0.2) is 4.98 Å². The minimum absolute atomic E-state index is 0.230. The minimum atomic E-state index is -0.230. The average molecular weight is 458 g/mol. The first-order valence-electron chi connectivity index (χ1n) is 11.8. The summed E-state index contributed by atoms with van der Waals surface area (Å²) in [5.74, 6) is 0.224. The summed E-state index contributed by atoms with van der Waals surface area (Å²) in [6.07, 6.45) is 1.88. The third-order valence-corrected chi connectivity index (χ3v) is 6.59. The molecule has 0 bridgehead atoms. The highest BCUT2D eigenvalue weighted by Crippen LogP contribution is 2.35. The molecule has 0 aliphatic rings. The second kappa shape index (κ2) is 8.52. The van der Waals surface area contributed by atoms with Crippen LogP contribution in [-0.2, 0) is 0 Å². The van der Waals surface area contributed by atoms with Crippen molar-refractivity contribution in [3.05, 3.63) is 115 Å². The summed E-state index contributed by atoms with van der Waals surface area (Å²) in [5, 5.41) is 2.17. The quantitative estimate of drug-likeness (QED) is 0.264. The smallest absolute Gasteiger partial charge is 0.136 e. The molecule has 35 heavy (non-hydrogen) atoms. The van der Waals surface area contributed by atoms with Crippen LogP contribution in [0.15, 0.2) is 108 Å². The number of hydrogen-bond acceptors (Lipinski definition) is 2. The van der Waals surface area contributed by atoms with E-state index in [-0.39, 0.29) is 5.82 Å². The number of furan rings is 1. The van der Waals surface area contributed by atoms with E-state index in [4.69, 9.17) is 4.42 Å². The molecule has 6 aromatic rings. The number of pyridine rings is 1. The number of halogens is 1. The third kappa shape index (κ3) is 4.00. The van der Waals surface area contributed by atoms with Gasteiger partial charge in [0.1, 0.15) is 17.0 Å². The number of aromatic nitrogens is 1. The van der Waals surface area contributed by atoms with E-state index < -0.39 is 0 Å². The van der Waals surface area contributed by atoms with Crippen molar-refractivity contribution in [2.75, 3.05) is 0 Å². The molecule has 0 radical (unpaired) electrons. The van der Waals surface area contributed by atoms with Crippen LogP contribution in [0.4, 0.5) is 4.39 Å². The van der Waals surface area contributed by atoms with E-state index in [1.54, 1.807) is 12.1 Å². The fourth-order valence-corrected chi connectivity index (χ4v) is 4.60. The topological polar surface area (TPSA) is 26.0 Å². The van der Waals surface area contributed by atoms with Crippen molar-refractivity contribution in [1.29, 1.82) is 0 Å². The molecule has 0 N–H and O–H groups in total. The van der Waals surface area contributed by atoms with Crippen LogP contribution in [0.3, 0.4) is 0 Å². The predicted molar refractivity (Wildman–Crippen MR) is 142 cm³/mol. The normalized spacial score (nSPS) is 11.5. The van der Waals surface area contributed by atoms with Gasteiger partial charge < -0.3 is 4.42 Å². The zero-order valence-corrected chi connectivity index (χ0v) is 19.6. The zero-order valence-electron chi connectivity index (χ0n) is 19.6. The number of benzene rings is 4. The van der Waals surface area contributed by atoms with Gasteiger partial charge in [-0.2, -0.15) is 0 Å². The van der Waals surface area contributed by atoms with Crippen LogP contribution in [0.5, 0.6) is 0 Å². The Labute approximate surface area is 203 Å². The standard InChI is InChI=1S/C32H24FNO/c1-20(2)22-14-15-34-30(18-22)26-9-13-31-29(17-26)28-12-8-25(19-32(28)35-31)24-5-3-4-23(16-24)21-6-10-27(33)11-7-21/h3-20H,1-2H3. The Morgan fingerprint density at radius 1 is 0.629 bits per heavy atom. The van der Waals surface area contributed by atoms with Gasteiger partial charge in [0.05, 0.1) is 5.69 Å². The van der Waals surface area contributed by atoms with Gasteiger partial charge >= 0.3 is 0 Å². The van der Waals surface area contributed by atoms with Crippen molar-refractivity contribution in [2.45, 2.75) is 19.8 Å². The molecule has 3 heteroatoms. The average Bonchev–Trinajstić information content (AvgIpc) is 3.26. The molecule has 2 heterocycles. The van der Waals surface area contributed by atoms with Gasteiger partial charge in [0.15, 0.2) is 0 Å². The van der Waals surface area contributed by atoms with E-state index in [1.807, 2.05) is 24.4 Å². The summed E-state index contributed by atoms with van der Waals surface area (Å²) in [5.41, 5.74) is 9.25. The molecular formula is C32H24FNO. The first-order valence-corrected chi connectivity index (χ1v) is 11.8. The largest absolute Gasteiger partial charge is 0.456 e. The Hall–Kier alpha value is -4.24. The van der Waals surface area contributed by atoms with Crippen LogP contribution in [0, 0.1) is 5.82 Å². The second-order valence-corrected chi connectivity index (χ2v) is 9.24. The van der Waals surface area contributed by atoms with Crippen LogP contribution < -0.4 is 0 Å². The van der Waals surface area contributed by atoms with Crippen molar-refractivity contribution in [3.63, 3.8) is 0 Å². The van der Waals surface area contributed by atoms with E-state index >= 15 is 0 Å². The molecule has 4 aromatic carbocycles. The van der Waals surface area contributed by atoms with Gasteiger partial charge in [-0.1, -0.05) is 50.2 Å². The molecule has 0 amide bonds. The highest BCUT2D eigenvalue weighted by atomic mass is 19.1. The van der Waals surface area contributed by atoms with Crippen molar-refractivity contribution in [2.24, 2.45) is 0 Å².